The minimum atomic E-state index is 1.07. The Kier molecular flexibility index (Phi) is 5.77. The third-order valence-corrected chi connectivity index (χ3v) is 3.41. The van der Waals surface area contributed by atoms with Crippen LogP contribution in [0.2, 0.25) is 0 Å². The van der Waals surface area contributed by atoms with Crippen molar-refractivity contribution in [3.8, 4) is 0 Å². The van der Waals surface area contributed by atoms with E-state index in [1.165, 1.54) is 44.9 Å². The molecule has 1 aliphatic carbocycles. The zero-order chi connectivity index (χ0) is 9.52. The molecule has 0 saturated heterocycles. The zero-order valence-corrected chi connectivity index (χ0v) is 10.2. The normalized spacial score (nSPS) is 26.9. The zero-order valence-electron chi connectivity index (χ0n) is 8.64. The standard InChI is InChI=1S/C12H21Br/c1-2-3-4-7-11-10-12(11)8-5-6-9-13/h6,9,11-12H,2-5,7-8,10H2,1H3/b9-6-/t11-,12+/m1/s1. The molecule has 0 nitrogen and oxygen atoms in total. The maximum atomic E-state index is 3.31. The third kappa shape index (κ3) is 4.85. The van der Waals surface area contributed by atoms with Crippen molar-refractivity contribution in [1.29, 1.82) is 0 Å². The van der Waals surface area contributed by atoms with Gasteiger partial charge in [0.1, 0.15) is 0 Å². The summed E-state index contributed by atoms with van der Waals surface area (Å²) < 4.78 is 0. The largest absolute Gasteiger partial charge is 0.0776 e. The number of halogens is 1. The highest BCUT2D eigenvalue weighted by molar-refractivity contribution is 9.11. The van der Waals surface area contributed by atoms with Crippen molar-refractivity contribution in [3.05, 3.63) is 11.1 Å². The smallest absolute Gasteiger partial charge is 0.0229 e. The molecule has 2 atom stereocenters. The Morgan fingerprint density at radius 1 is 1.23 bits per heavy atom. The first-order valence-electron chi connectivity index (χ1n) is 5.63. The molecule has 0 spiro atoms. The lowest BCUT2D eigenvalue weighted by Crippen LogP contribution is -1.83. The highest BCUT2D eigenvalue weighted by Crippen LogP contribution is 2.45. The molecular formula is C12H21Br. The Labute approximate surface area is 90.9 Å². The summed E-state index contributed by atoms with van der Waals surface area (Å²) in [5.41, 5.74) is 0. The van der Waals surface area contributed by atoms with Crippen LogP contribution in [0, 0.1) is 11.8 Å². The summed E-state index contributed by atoms with van der Waals surface area (Å²) in [5.74, 6) is 2.16. The summed E-state index contributed by atoms with van der Waals surface area (Å²) in [7, 11) is 0. The van der Waals surface area contributed by atoms with Gasteiger partial charge < -0.3 is 0 Å². The molecule has 0 aliphatic heterocycles. The van der Waals surface area contributed by atoms with Gasteiger partial charge in [0.05, 0.1) is 0 Å². The Balaban J connectivity index is 1.90. The molecule has 1 saturated carbocycles. The number of rotatable bonds is 7. The first-order valence-corrected chi connectivity index (χ1v) is 6.55. The SMILES string of the molecule is CCCCC[C@@H]1C[C@@H]1CC/C=C\Br. The Bertz CT molecular complexity index is 151. The molecule has 0 heterocycles. The summed E-state index contributed by atoms with van der Waals surface area (Å²) >= 11 is 3.31. The van der Waals surface area contributed by atoms with Gasteiger partial charge in [0, 0.05) is 0 Å². The summed E-state index contributed by atoms with van der Waals surface area (Å²) in [6.07, 6.45) is 12.2. The molecule has 0 radical (unpaired) electrons. The molecule has 76 valence electrons. The van der Waals surface area contributed by atoms with Crippen LogP contribution < -0.4 is 0 Å². The van der Waals surface area contributed by atoms with E-state index in [4.69, 9.17) is 0 Å². The fourth-order valence-corrected chi connectivity index (χ4v) is 2.31. The van der Waals surface area contributed by atoms with Crippen molar-refractivity contribution in [2.75, 3.05) is 0 Å². The minimum absolute atomic E-state index is 1.07. The molecule has 1 aliphatic rings. The van der Waals surface area contributed by atoms with Crippen LogP contribution >= 0.6 is 15.9 Å². The fraction of sp³-hybridized carbons (Fsp3) is 0.833. The number of hydrogen-bond acceptors (Lipinski definition) is 0. The van der Waals surface area contributed by atoms with E-state index in [1.807, 2.05) is 4.99 Å². The highest BCUT2D eigenvalue weighted by Gasteiger charge is 2.34. The van der Waals surface area contributed by atoms with Crippen LogP contribution in [-0.2, 0) is 0 Å². The van der Waals surface area contributed by atoms with Gasteiger partial charge in [-0.15, -0.1) is 0 Å². The van der Waals surface area contributed by atoms with Crippen molar-refractivity contribution in [1.82, 2.24) is 0 Å². The van der Waals surface area contributed by atoms with Crippen LogP contribution in [0.1, 0.15) is 51.9 Å². The maximum absolute atomic E-state index is 3.31. The predicted octanol–water partition coefficient (Wildman–Crippen LogP) is 4.89. The van der Waals surface area contributed by atoms with Crippen LogP contribution in [0.5, 0.6) is 0 Å². The van der Waals surface area contributed by atoms with Crippen LogP contribution in [0.25, 0.3) is 0 Å². The summed E-state index contributed by atoms with van der Waals surface area (Å²) in [4.78, 5) is 1.99. The van der Waals surface area contributed by atoms with Gasteiger partial charge in [0.15, 0.2) is 0 Å². The van der Waals surface area contributed by atoms with Crippen LogP contribution in [0.3, 0.4) is 0 Å². The lowest BCUT2D eigenvalue weighted by Gasteiger charge is -1.97. The number of allylic oxidation sites excluding steroid dienone is 1. The Morgan fingerprint density at radius 2 is 2.00 bits per heavy atom. The van der Waals surface area contributed by atoms with Crippen molar-refractivity contribution in [3.63, 3.8) is 0 Å². The van der Waals surface area contributed by atoms with Gasteiger partial charge in [-0.1, -0.05) is 54.6 Å². The van der Waals surface area contributed by atoms with E-state index in [-0.39, 0.29) is 0 Å². The van der Waals surface area contributed by atoms with Crippen molar-refractivity contribution in [2.24, 2.45) is 11.8 Å². The van der Waals surface area contributed by atoms with E-state index in [0.717, 1.165) is 11.8 Å². The fourth-order valence-electron chi connectivity index (χ4n) is 2.05. The highest BCUT2D eigenvalue weighted by atomic mass is 79.9. The molecule has 0 bridgehead atoms. The van der Waals surface area contributed by atoms with Gasteiger partial charge in [-0.05, 0) is 36.1 Å². The van der Waals surface area contributed by atoms with E-state index in [1.54, 1.807) is 0 Å². The van der Waals surface area contributed by atoms with Gasteiger partial charge in [-0.3, -0.25) is 0 Å². The summed E-state index contributed by atoms with van der Waals surface area (Å²) in [6, 6.07) is 0. The molecule has 1 rings (SSSR count). The van der Waals surface area contributed by atoms with Crippen molar-refractivity contribution in [2.45, 2.75) is 51.9 Å². The molecule has 0 aromatic rings. The average molecular weight is 245 g/mol. The Hall–Kier alpha value is 0.220. The van der Waals surface area contributed by atoms with Gasteiger partial charge in [-0.2, -0.15) is 0 Å². The molecule has 0 amide bonds. The van der Waals surface area contributed by atoms with Crippen LogP contribution in [0.15, 0.2) is 11.1 Å². The van der Waals surface area contributed by atoms with E-state index in [2.05, 4.69) is 28.9 Å². The van der Waals surface area contributed by atoms with Crippen molar-refractivity contribution >= 4 is 15.9 Å². The lowest BCUT2D eigenvalue weighted by atomic mass is 10.1. The topological polar surface area (TPSA) is 0 Å². The average Bonchev–Trinajstić information content (AvgIpc) is 2.85. The molecule has 1 heteroatoms. The van der Waals surface area contributed by atoms with E-state index in [0.29, 0.717) is 0 Å². The number of unbranched alkanes of at least 4 members (excludes halogenated alkanes) is 2. The van der Waals surface area contributed by atoms with E-state index >= 15 is 0 Å². The maximum Gasteiger partial charge on any atom is -0.0229 e. The second-order valence-electron chi connectivity index (χ2n) is 4.19. The minimum Gasteiger partial charge on any atom is -0.0776 e. The molecular weight excluding hydrogens is 224 g/mol. The molecule has 0 N–H and O–H groups in total. The van der Waals surface area contributed by atoms with Gasteiger partial charge >= 0.3 is 0 Å². The monoisotopic (exact) mass is 244 g/mol. The quantitative estimate of drug-likeness (QED) is 0.560. The molecule has 0 aromatic heterocycles. The molecule has 0 unspecified atom stereocenters. The number of hydrogen-bond donors (Lipinski definition) is 0. The van der Waals surface area contributed by atoms with Crippen molar-refractivity contribution < 1.29 is 0 Å². The molecule has 1 fully saturated rings. The van der Waals surface area contributed by atoms with Gasteiger partial charge in [-0.25, -0.2) is 0 Å². The second-order valence-corrected chi connectivity index (χ2v) is 4.72. The third-order valence-electron chi connectivity index (χ3n) is 3.04. The molecule has 0 aromatic carbocycles. The summed E-state index contributed by atoms with van der Waals surface area (Å²) in [5, 5.41) is 0. The summed E-state index contributed by atoms with van der Waals surface area (Å²) in [6.45, 7) is 2.28. The van der Waals surface area contributed by atoms with Gasteiger partial charge in [0.2, 0.25) is 0 Å². The second kappa shape index (κ2) is 6.64. The van der Waals surface area contributed by atoms with E-state index in [9.17, 15) is 0 Å². The Morgan fingerprint density at radius 3 is 2.69 bits per heavy atom. The molecule has 13 heavy (non-hydrogen) atoms. The van der Waals surface area contributed by atoms with Crippen LogP contribution in [-0.4, -0.2) is 0 Å². The van der Waals surface area contributed by atoms with Crippen LogP contribution in [0.4, 0.5) is 0 Å². The first-order chi connectivity index (χ1) is 6.38. The first kappa shape index (κ1) is 11.3. The van der Waals surface area contributed by atoms with E-state index < -0.39 is 0 Å². The predicted molar refractivity (Wildman–Crippen MR) is 63.0 cm³/mol. The van der Waals surface area contributed by atoms with Gasteiger partial charge in [0.25, 0.3) is 0 Å². The lowest BCUT2D eigenvalue weighted by molar-refractivity contribution is 0.566.